The number of nitrogens with zero attached hydrogens (tertiary/aromatic N) is 1. The summed E-state index contributed by atoms with van der Waals surface area (Å²) in [5.74, 6) is 0.339. The molecule has 0 unspecified atom stereocenters. The minimum absolute atomic E-state index is 0.0629. The number of ether oxygens (including phenoxy) is 1. The first-order valence-corrected chi connectivity index (χ1v) is 13.3. The molecule has 174 valence electrons. The third-order valence-electron chi connectivity index (χ3n) is 4.85. The number of rotatable bonds is 9. The highest BCUT2D eigenvalue weighted by atomic mass is 127. The van der Waals surface area contributed by atoms with Crippen molar-refractivity contribution in [2.75, 3.05) is 6.54 Å². The van der Waals surface area contributed by atoms with Gasteiger partial charge in [-0.15, -0.1) is 0 Å². The highest BCUT2D eigenvalue weighted by Gasteiger charge is 2.13. The number of carbonyl (C=O) groups excluding carboxylic acids is 1. The second kappa shape index (κ2) is 13.3. The standard InChI is InChI=1S/C26H20Cl2I2N2O2/c27-21-9-8-19(22(28)14-21)16-34-25-23(29)12-18(13-24(25)30)11-20(15-31)26(33)32-10-4-7-17-5-2-1-3-6-17/h1-3,5-6,8-9,11-14H,4,7,10,16H2,(H,32,33)/b20-11-. The van der Waals surface area contributed by atoms with E-state index in [0.29, 0.717) is 28.9 Å². The van der Waals surface area contributed by atoms with Gasteiger partial charge in [-0.2, -0.15) is 5.26 Å². The molecular formula is C26H20Cl2I2N2O2. The van der Waals surface area contributed by atoms with Crippen molar-refractivity contribution in [3.63, 3.8) is 0 Å². The highest BCUT2D eigenvalue weighted by molar-refractivity contribution is 14.1. The first-order valence-electron chi connectivity index (χ1n) is 10.4. The molecule has 1 N–H and O–H groups in total. The Hall–Kier alpha value is -1.80. The normalized spacial score (nSPS) is 11.1. The van der Waals surface area contributed by atoms with Crippen LogP contribution in [0.3, 0.4) is 0 Å². The Morgan fingerprint density at radius 3 is 2.41 bits per heavy atom. The van der Waals surface area contributed by atoms with Crippen LogP contribution in [0.2, 0.25) is 10.0 Å². The second-order valence-corrected chi connectivity index (χ2v) is 10.5. The summed E-state index contributed by atoms with van der Waals surface area (Å²) in [5.41, 5.74) is 2.87. The Labute approximate surface area is 236 Å². The summed E-state index contributed by atoms with van der Waals surface area (Å²) >= 11 is 16.6. The van der Waals surface area contributed by atoms with Crippen LogP contribution in [-0.2, 0) is 17.8 Å². The van der Waals surface area contributed by atoms with E-state index in [1.165, 1.54) is 5.56 Å². The van der Waals surface area contributed by atoms with Crippen LogP contribution in [0.25, 0.3) is 6.08 Å². The maximum absolute atomic E-state index is 12.5. The molecule has 0 saturated carbocycles. The van der Waals surface area contributed by atoms with Crippen molar-refractivity contribution in [2.24, 2.45) is 0 Å². The molecule has 4 nitrogen and oxygen atoms in total. The Morgan fingerprint density at radius 2 is 1.76 bits per heavy atom. The molecule has 0 spiro atoms. The van der Waals surface area contributed by atoms with Crippen molar-refractivity contribution in [1.82, 2.24) is 5.32 Å². The quantitative estimate of drug-likeness (QED) is 0.108. The van der Waals surface area contributed by atoms with Gasteiger partial charge in [0.05, 0.1) is 7.14 Å². The molecule has 0 saturated heterocycles. The Kier molecular flexibility index (Phi) is 10.5. The van der Waals surface area contributed by atoms with E-state index < -0.39 is 0 Å². The van der Waals surface area contributed by atoms with Crippen LogP contribution in [0.5, 0.6) is 5.75 Å². The van der Waals surface area contributed by atoms with Gasteiger partial charge in [0, 0.05) is 22.2 Å². The van der Waals surface area contributed by atoms with Gasteiger partial charge in [-0.25, -0.2) is 0 Å². The average Bonchev–Trinajstić information content (AvgIpc) is 2.81. The van der Waals surface area contributed by atoms with E-state index in [4.69, 9.17) is 27.9 Å². The molecular weight excluding hydrogens is 697 g/mol. The van der Waals surface area contributed by atoms with Crippen LogP contribution in [-0.4, -0.2) is 12.5 Å². The number of halogens is 4. The van der Waals surface area contributed by atoms with E-state index in [0.717, 1.165) is 31.1 Å². The molecule has 34 heavy (non-hydrogen) atoms. The predicted octanol–water partition coefficient (Wildman–Crippen LogP) is 7.44. The van der Waals surface area contributed by atoms with E-state index in [2.05, 4.69) is 62.6 Å². The van der Waals surface area contributed by atoms with Gasteiger partial charge in [0.1, 0.15) is 24.0 Å². The molecule has 0 aliphatic rings. The van der Waals surface area contributed by atoms with Gasteiger partial charge in [-0.05, 0) is 99.5 Å². The fraction of sp³-hybridized carbons (Fsp3) is 0.154. The van der Waals surface area contributed by atoms with Crippen LogP contribution >= 0.6 is 68.4 Å². The number of hydrogen-bond donors (Lipinski definition) is 1. The van der Waals surface area contributed by atoms with Crippen LogP contribution < -0.4 is 10.1 Å². The minimum atomic E-state index is -0.377. The topological polar surface area (TPSA) is 62.1 Å². The first-order chi connectivity index (χ1) is 16.4. The fourth-order valence-electron chi connectivity index (χ4n) is 3.14. The number of benzene rings is 3. The summed E-state index contributed by atoms with van der Waals surface area (Å²) in [4.78, 5) is 12.5. The molecule has 0 fully saturated rings. The third-order valence-corrected chi connectivity index (χ3v) is 7.04. The maximum atomic E-state index is 12.5. The van der Waals surface area contributed by atoms with E-state index in [-0.39, 0.29) is 11.5 Å². The van der Waals surface area contributed by atoms with Crippen LogP contribution in [0.4, 0.5) is 0 Å². The van der Waals surface area contributed by atoms with Gasteiger partial charge in [-0.3, -0.25) is 4.79 Å². The minimum Gasteiger partial charge on any atom is -0.487 e. The molecule has 0 radical (unpaired) electrons. The van der Waals surface area contributed by atoms with E-state index in [9.17, 15) is 10.1 Å². The summed E-state index contributed by atoms with van der Waals surface area (Å²) in [6, 6.07) is 21.1. The average molecular weight is 717 g/mol. The molecule has 0 bridgehead atoms. The molecule has 3 aromatic rings. The number of nitriles is 1. The number of aryl methyl sites for hydroxylation is 1. The molecule has 8 heteroatoms. The lowest BCUT2D eigenvalue weighted by Gasteiger charge is -2.13. The SMILES string of the molecule is N#C/C(=C/c1cc(I)c(OCc2ccc(Cl)cc2Cl)c(I)c1)C(=O)NCCCc1ccccc1. The Bertz CT molecular complexity index is 1220. The fourth-order valence-corrected chi connectivity index (χ4v) is 5.73. The highest BCUT2D eigenvalue weighted by Crippen LogP contribution is 2.31. The summed E-state index contributed by atoms with van der Waals surface area (Å²) < 4.78 is 7.73. The van der Waals surface area contributed by atoms with Crippen LogP contribution in [0.1, 0.15) is 23.1 Å². The molecule has 3 rings (SSSR count). The van der Waals surface area contributed by atoms with E-state index in [1.54, 1.807) is 18.2 Å². The van der Waals surface area contributed by atoms with Gasteiger partial charge >= 0.3 is 0 Å². The van der Waals surface area contributed by atoms with E-state index in [1.807, 2.05) is 42.5 Å². The first kappa shape index (κ1) is 26.8. The molecule has 0 aliphatic heterocycles. The predicted molar refractivity (Wildman–Crippen MR) is 154 cm³/mol. The lowest BCUT2D eigenvalue weighted by Crippen LogP contribution is -2.25. The van der Waals surface area contributed by atoms with Crippen molar-refractivity contribution < 1.29 is 9.53 Å². The molecule has 1 amide bonds. The smallest absolute Gasteiger partial charge is 0.261 e. The molecule has 0 aliphatic carbocycles. The molecule has 0 heterocycles. The molecule has 0 aromatic heterocycles. The summed E-state index contributed by atoms with van der Waals surface area (Å²) in [7, 11) is 0. The van der Waals surface area contributed by atoms with Crippen molar-refractivity contribution in [2.45, 2.75) is 19.4 Å². The molecule has 3 aromatic carbocycles. The van der Waals surface area contributed by atoms with Crippen molar-refractivity contribution in [3.8, 4) is 11.8 Å². The molecule has 0 atom stereocenters. The van der Waals surface area contributed by atoms with Gasteiger partial charge in [0.2, 0.25) is 0 Å². The number of amides is 1. The van der Waals surface area contributed by atoms with Crippen LogP contribution in [0.15, 0.2) is 66.2 Å². The zero-order chi connectivity index (χ0) is 24.5. The number of nitrogens with one attached hydrogen (secondary N) is 1. The largest absolute Gasteiger partial charge is 0.487 e. The zero-order valence-electron chi connectivity index (χ0n) is 18.0. The zero-order valence-corrected chi connectivity index (χ0v) is 23.8. The third kappa shape index (κ3) is 7.87. The number of carbonyl (C=O) groups is 1. The monoisotopic (exact) mass is 716 g/mol. The van der Waals surface area contributed by atoms with Crippen molar-refractivity contribution in [1.29, 1.82) is 5.26 Å². The van der Waals surface area contributed by atoms with Gasteiger partial charge in [0.25, 0.3) is 5.91 Å². The van der Waals surface area contributed by atoms with Crippen molar-refractivity contribution >= 4 is 80.4 Å². The summed E-state index contributed by atoms with van der Waals surface area (Å²) in [6.07, 6.45) is 3.26. The Balaban J connectivity index is 1.62. The summed E-state index contributed by atoms with van der Waals surface area (Å²) in [6.45, 7) is 0.799. The number of hydrogen-bond acceptors (Lipinski definition) is 3. The maximum Gasteiger partial charge on any atom is 0.261 e. The van der Waals surface area contributed by atoms with Gasteiger partial charge < -0.3 is 10.1 Å². The van der Waals surface area contributed by atoms with Crippen molar-refractivity contribution in [3.05, 3.63) is 100 Å². The summed E-state index contributed by atoms with van der Waals surface area (Å²) in [5, 5.41) is 13.5. The van der Waals surface area contributed by atoms with E-state index >= 15 is 0 Å². The van der Waals surface area contributed by atoms with Crippen LogP contribution in [0, 0.1) is 18.5 Å². The Morgan fingerprint density at radius 1 is 1.06 bits per heavy atom. The lowest BCUT2D eigenvalue weighted by molar-refractivity contribution is -0.117. The lowest BCUT2D eigenvalue weighted by atomic mass is 10.1. The van der Waals surface area contributed by atoms with Gasteiger partial charge in [-0.1, -0.05) is 59.6 Å². The second-order valence-electron chi connectivity index (χ2n) is 7.35. The van der Waals surface area contributed by atoms with Gasteiger partial charge in [0.15, 0.2) is 0 Å².